The topological polar surface area (TPSA) is 93.7 Å². The standard InChI is InChI=1S/C27H30N2O5S/c1-20(27(30)28-21-10-4-2-5-11-21)33-23-16-18-24(19-17-23)35(31,32)29-25-14-8-9-15-26(25)34-22-12-6-3-7-13-22/h3,6-9,12-21,29H,2,4-5,10-11H2,1H3,(H,28,30)/t20-/m0/s1. The van der Waals surface area contributed by atoms with Gasteiger partial charge in [-0.05, 0) is 68.3 Å². The van der Waals surface area contributed by atoms with Crippen molar-refractivity contribution in [1.29, 1.82) is 0 Å². The number of benzene rings is 3. The normalized spacial score (nSPS) is 15.1. The van der Waals surface area contributed by atoms with Crippen LogP contribution in [0, 0.1) is 0 Å². The number of para-hydroxylation sites is 3. The van der Waals surface area contributed by atoms with Gasteiger partial charge in [-0.15, -0.1) is 0 Å². The van der Waals surface area contributed by atoms with E-state index < -0.39 is 16.1 Å². The fourth-order valence-electron chi connectivity index (χ4n) is 3.98. The minimum atomic E-state index is -3.87. The molecule has 0 aromatic heterocycles. The Kier molecular flexibility index (Phi) is 7.92. The first-order valence-electron chi connectivity index (χ1n) is 11.8. The predicted octanol–water partition coefficient (Wildman–Crippen LogP) is 5.50. The summed E-state index contributed by atoms with van der Waals surface area (Å²) in [6.45, 7) is 1.69. The highest BCUT2D eigenvalue weighted by molar-refractivity contribution is 7.92. The smallest absolute Gasteiger partial charge is 0.262 e. The van der Waals surface area contributed by atoms with Gasteiger partial charge < -0.3 is 14.8 Å². The predicted molar refractivity (Wildman–Crippen MR) is 135 cm³/mol. The van der Waals surface area contributed by atoms with Gasteiger partial charge in [0.05, 0.1) is 10.6 Å². The van der Waals surface area contributed by atoms with Crippen molar-refractivity contribution in [2.24, 2.45) is 0 Å². The molecule has 3 aromatic carbocycles. The highest BCUT2D eigenvalue weighted by atomic mass is 32.2. The maximum atomic E-state index is 13.0. The first-order chi connectivity index (χ1) is 16.9. The van der Waals surface area contributed by atoms with Crippen LogP contribution in [0.25, 0.3) is 0 Å². The average Bonchev–Trinajstić information content (AvgIpc) is 2.86. The number of hydrogen-bond donors (Lipinski definition) is 2. The zero-order chi connectivity index (χ0) is 24.7. The second kappa shape index (κ2) is 11.3. The summed E-state index contributed by atoms with van der Waals surface area (Å²) in [6, 6.07) is 22.2. The minimum Gasteiger partial charge on any atom is -0.481 e. The zero-order valence-electron chi connectivity index (χ0n) is 19.6. The van der Waals surface area contributed by atoms with Crippen molar-refractivity contribution in [3.8, 4) is 17.2 Å². The van der Waals surface area contributed by atoms with E-state index in [9.17, 15) is 13.2 Å². The van der Waals surface area contributed by atoms with Crippen LogP contribution in [0.1, 0.15) is 39.0 Å². The molecule has 0 unspecified atom stereocenters. The molecule has 1 atom stereocenters. The van der Waals surface area contributed by atoms with Gasteiger partial charge in [-0.3, -0.25) is 9.52 Å². The van der Waals surface area contributed by atoms with E-state index in [0.717, 1.165) is 25.7 Å². The molecule has 2 N–H and O–H groups in total. The molecule has 8 heteroatoms. The van der Waals surface area contributed by atoms with Crippen molar-refractivity contribution in [2.75, 3.05) is 4.72 Å². The Bertz CT molecular complexity index is 1220. The average molecular weight is 495 g/mol. The fraction of sp³-hybridized carbons (Fsp3) is 0.296. The van der Waals surface area contributed by atoms with E-state index in [-0.39, 0.29) is 16.8 Å². The maximum absolute atomic E-state index is 13.0. The van der Waals surface area contributed by atoms with Gasteiger partial charge in [-0.2, -0.15) is 0 Å². The summed E-state index contributed by atoms with van der Waals surface area (Å²) in [5.74, 6) is 1.25. The molecule has 1 fully saturated rings. The highest BCUT2D eigenvalue weighted by Gasteiger charge is 2.21. The molecule has 0 heterocycles. The molecular weight excluding hydrogens is 464 g/mol. The summed E-state index contributed by atoms with van der Waals surface area (Å²) in [5, 5.41) is 3.04. The molecular formula is C27H30N2O5S. The lowest BCUT2D eigenvalue weighted by Gasteiger charge is -2.24. The maximum Gasteiger partial charge on any atom is 0.262 e. The molecule has 7 nitrogen and oxygen atoms in total. The zero-order valence-corrected chi connectivity index (χ0v) is 20.5. The van der Waals surface area contributed by atoms with Crippen LogP contribution in [0.3, 0.4) is 0 Å². The fourth-order valence-corrected chi connectivity index (χ4v) is 5.05. The van der Waals surface area contributed by atoms with E-state index in [4.69, 9.17) is 9.47 Å². The first-order valence-corrected chi connectivity index (χ1v) is 13.3. The molecule has 0 saturated heterocycles. The number of carbonyl (C=O) groups is 1. The van der Waals surface area contributed by atoms with Crippen LogP contribution in [-0.2, 0) is 14.8 Å². The number of ether oxygens (including phenoxy) is 2. The number of carbonyl (C=O) groups excluding carboxylic acids is 1. The van der Waals surface area contributed by atoms with Gasteiger partial charge in [-0.1, -0.05) is 49.6 Å². The summed E-state index contributed by atoms with van der Waals surface area (Å²) in [6.07, 6.45) is 4.79. The number of nitrogens with one attached hydrogen (secondary N) is 2. The summed E-state index contributed by atoms with van der Waals surface area (Å²) < 4.78 is 40.2. The van der Waals surface area contributed by atoms with Crippen LogP contribution in [0.5, 0.6) is 17.2 Å². The highest BCUT2D eigenvalue weighted by Crippen LogP contribution is 2.31. The van der Waals surface area contributed by atoms with E-state index in [1.807, 2.05) is 18.2 Å². The Morgan fingerprint density at radius 2 is 1.51 bits per heavy atom. The minimum absolute atomic E-state index is 0.0682. The first kappa shape index (κ1) is 24.6. The number of amides is 1. The Morgan fingerprint density at radius 1 is 0.857 bits per heavy atom. The monoisotopic (exact) mass is 494 g/mol. The third kappa shape index (κ3) is 6.76. The van der Waals surface area contributed by atoms with Crippen molar-refractivity contribution >= 4 is 21.6 Å². The van der Waals surface area contributed by atoms with Crippen molar-refractivity contribution in [2.45, 2.75) is 56.1 Å². The third-order valence-electron chi connectivity index (χ3n) is 5.87. The molecule has 0 aliphatic heterocycles. The SMILES string of the molecule is C[C@H](Oc1ccc(S(=O)(=O)Nc2ccccc2Oc2ccccc2)cc1)C(=O)NC1CCCCC1. The van der Waals surface area contributed by atoms with Gasteiger partial charge in [0.1, 0.15) is 11.5 Å². The Labute approximate surface area is 206 Å². The molecule has 1 aliphatic rings. The lowest BCUT2D eigenvalue weighted by Crippen LogP contribution is -2.43. The molecule has 184 valence electrons. The number of hydrogen-bond acceptors (Lipinski definition) is 5. The molecule has 1 aliphatic carbocycles. The Hall–Kier alpha value is -3.52. The molecule has 35 heavy (non-hydrogen) atoms. The molecule has 4 rings (SSSR count). The lowest BCUT2D eigenvalue weighted by atomic mass is 9.95. The lowest BCUT2D eigenvalue weighted by molar-refractivity contribution is -0.128. The van der Waals surface area contributed by atoms with Crippen LogP contribution in [0.2, 0.25) is 0 Å². The van der Waals surface area contributed by atoms with Gasteiger partial charge in [0.2, 0.25) is 0 Å². The van der Waals surface area contributed by atoms with Crippen LogP contribution in [0.15, 0.2) is 83.8 Å². The van der Waals surface area contributed by atoms with E-state index >= 15 is 0 Å². The van der Waals surface area contributed by atoms with Gasteiger partial charge in [0.15, 0.2) is 11.9 Å². The van der Waals surface area contributed by atoms with Gasteiger partial charge in [0, 0.05) is 6.04 Å². The summed E-state index contributed by atoms with van der Waals surface area (Å²) >= 11 is 0. The third-order valence-corrected chi connectivity index (χ3v) is 7.25. The van der Waals surface area contributed by atoms with E-state index in [1.165, 1.54) is 18.6 Å². The van der Waals surface area contributed by atoms with Crippen molar-refractivity contribution < 1.29 is 22.7 Å². The van der Waals surface area contributed by atoms with Crippen LogP contribution < -0.4 is 19.5 Å². The quantitative estimate of drug-likeness (QED) is 0.410. The van der Waals surface area contributed by atoms with Crippen molar-refractivity contribution in [3.05, 3.63) is 78.9 Å². The molecule has 1 saturated carbocycles. The second-order valence-electron chi connectivity index (χ2n) is 8.59. The number of rotatable bonds is 9. The number of anilines is 1. The molecule has 1 amide bonds. The summed E-state index contributed by atoms with van der Waals surface area (Å²) in [4.78, 5) is 12.5. The van der Waals surface area contributed by atoms with Crippen LogP contribution in [0.4, 0.5) is 5.69 Å². The van der Waals surface area contributed by atoms with E-state index in [2.05, 4.69) is 10.0 Å². The second-order valence-corrected chi connectivity index (χ2v) is 10.3. The van der Waals surface area contributed by atoms with Gasteiger partial charge >= 0.3 is 0 Å². The van der Waals surface area contributed by atoms with Crippen LogP contribution >= 0.6 is 0 Å². The molecule has 0 radical (unpaired) electrons. The molecule has 0 spiro atoms. The van der Waals surface area contributed by atoms with Gasteiger partial charge in [-0.25, -0.2) is 8.42 Å². The van der Waals surface area contributed by atoms with Crippen molar-refractivity contribution in [1.82, 2.24) is 5.32 Å². The molecule has 3 aromatic rings. The Morgan fingerprint density at radius 3 is 2.23 bits per heavy atom. The van der Waals surface area contributed by atoms with Crippen molar-refractivity contribution in [3.63, 3.8) is 0 Å². The largest absolute Gasteiger partial charge is 0.481 e. The Balaban J connectivity index is 1.39. The van der Waals surface area contributed by atoms with E-state index in [0.29, 0.717) is 22.9 Å². The molecule has 0 bridgehead atoms. The number of sulfonamides is 1. The van der Waals surface area contributed by atoms with Crippen LogP contribution in [-0.4, -0.2) is 26.5 Å². The van der Waals surface area contributed by atoms with Gasteiger partial charge in [0.25, 0.3) is 15.9 Å². The summed E-state index contributed by atoms with van der Waals surface area (Å²) in [7, 11) is -3.87. The summed E-state index contributed by atoms with van der Waals surface area (Å²) in [5.41, 5.74) is 0.324. The van der Waals surface area contributed by atoms with E-state index in [1.54, 1.807) is 55.5 Å².